The summed E-state index contributed by atoms with van der Waals surface area (Å²) in [7, 11) is 1.70. The average molecular weight is 402 g/mol. The van der Waals surface area contributed by atoms with E-state index in [-0.39, 0.29) is 0 Å². The zero-order chi connectivity index (χ0) is 20.9. The Morgan fingerprint density at radius 2 is 1.37 bits per heavy atom. The first-order valence-electron chi connectivity index (χ1n) is 10.8. The van der Waals surface area contributed by atoms with Crippen LogP contribution in [0.15, 0.2) is 53.5 Å². The summed E-state index contributed by atoms with van der Waals surface area (Å²) >= 11 is 0. The lowest BCUT2D eigenvalue weighted by atomic mass is 10.1. The second-order valence-electron chi connectivity index (χ2n) is 8.09. The Kier molecular flexibility index (Phi) is 6.34. The Bertz CT molecular complexity index is 1180. The van der Waals surface area contributed by atoms with Crippen LogP contribution in [0.3, 0.4) is 0 Å². The molecule has 0 aliphatic heterocycles. The molecule has 0 radical (unpaired) electrons. The molecule has 0 bridgehead atoms. The molecule has 0 N–H and O–H groups in total. The number of aryl methyl sites for hydroxylation is 3. The molecule has 4 nitrogen and oxygen atoms in total. The molecule has 156 valence electrons. The van der Waals surface area contributed by atoms with Crippen LogP contribution in [0, 0.1) is 13.8 Å². The van der Waals surface area contributed by atoms with Gasteiger partial charge in [0.05, 0.1) is 17.2 Å². The zero-order valence-electron chi connectivity index (χ0n) is 18.3. The second kappa shape index (κ2) is 9.31. The van der Waals surface area contributed by atoms with Crippen molar-refractivity contribution in [3.8, 4) is 0 Å². The van der Waals surface area contributed by atoms with Gasteiger partial charge in [0.1, 0.15) is 6.73 Å². The first-order chi connectivity index (χ1) is 14.7. The fourth-order valence-electron chi connectivity index (χ4n) is 4.05. The highest BCUT2D eigenvalue weighted by Crippen LogP contribution is 2.06. The van der Waals surface area contributed by atoms with Crippen LogP contribution < -0.4 is 16.3 Å². The van der Waals surface area contributed by atoms with Crippen LogP contribution in [0.25, 0.3) is 12.2 Å². The van der Waals surface area contributed by atoms with Crippen molar-refractivity contribution in [1.82, 2.24) is 9.13 Å². The lowest BCUT2D eigenvalue weighted by Gasteiger charge is -2.08. The van der Waals surface area contributed by atoms with E-state index >= 15 is 0 Å². The van der Waals surface area contributed by atoms with Gasteiger partial charge < -0.3 is 13.9 Å². The van der Waals surface area contributed by atoms with Gasteiger partial charge >= 0.3 is 0 Å². The van der Waals surface area contributed by atoms with Gasteiger partial charge in [-0.05, 0) is 44.2 Å². The van der Waals surface area contributed by atoms with E-state index in [9.17, 15) is 0 Å². The molecule has 0 saturated heterocycles. The van der Waals surface area contributed by atoms with Crippen LogP contribution >= 0.6 is 0 Å². The van der Waals surface area contributed by atoms with E-state index in [0.717, 1.165) is 38.0 Å². The summed E-state index contributed by atoms with van der Waals surface area (Å²) < 4.78 is 10.0. The van der Waals surface area contributed by atoms with Crippen LogP contribution in [-0.2, 0) is 24.2 Å². The Labute approximate surface area is 178 Å². The van der Waals surface area contributed by atoms with Crippen LogP contribution in [0.4, 0.5) is 0 Å². The number of benzene rings is 2. The Balaban J connectivity index is 1.77. The van der Waals surface area contributed by atoms with Gasteiger partial charge in [0.15, 0.2) is 0 Å². The van der Waals surface area contributed by atoms with E-state index in [1.807, 2.05) is 0 Å². The quantitative estimate of drug-likeness (QED) is 0.599. The molecule has 3 aromatic rings. The fourth-order valence-corrected chi connectivity index (χ4v) is 4.05. The van der Waals surface area contributed by atoms with E-state index in [2.05, 4.69) is 83.7 Å². The lowest BCUT2D eigenvalue weighted by molar-refractivity contribution is 0.203. The van der Waals surface area contributed by atoms with Crippen LogP contribution in [0.5, 0.6) is 0 Å². The van der Waals surface area contributed by atoms with Gasteiger partial charge in [-0.1, -0.05) is 71.8 Å². The van der Waals surface area contributed by atoms with Gasteiger partial charge in [-0.25, -0.2) is 4.99 Å². The van der Waals surface area contributed by atoms with E-state index in [0.29, 0.717) is 6.73 Å². The third-order valence-corrected chi connectivity index (χ3v) is 5.71. The number of nitrogens with zero attached hydrogens (tertiary/aromatic N) is 3. The number of ether oxygens (including phenoxy) is 1. The third kappa shape index (κ3) is 4.49. The average Bonchev–Trinajstić information content (AvgIpc) is 3.06. The number of hydrogen-bond acceptors (Lipinski definition) is 2. The third-order valence-electron chi connectivity index (χ3n) is 5.71. The first-order valence-corrected chi connectivity index (χ1v) is 10.8. The van der Waals surface area contributed by atoms with Crippen molar-refractivity contribution in [3.63, 3.8) is 0 Å². The maximum absolute atomic E-state index is 5.32. The monoisotopic (exact) mass is 401 g/mol. The molecule has 1 aromatic heterocycles. The van der Waals surface area contributed by atoms with Crippen LogP contribution in [0.1, 0.15) is 35.1 Å². The predicted octanol–water partition coefficient (Wildman–Crippen LogP) is 3.06. The van der Waals surface area contributed by atoms with E-state index < -0.39 is 0 Å². The lowest BCUT2D eigenvalue weighted by Crippen LogP contribution is -2.35. The Hall–Kier alpha value is -2.85. The van der Waals surface area contributed by atoms with Gasteiger partial charge in [0, 0.05) is 13.7 Å². The standard InChI is InChI=1S/C26H31N3O/c1-20-8-12-22(13-9-20)16-17-28-24-6-4-5-7-25(24)29(26(28)27-19-30-3)18-23-14-10-21(2)11-15-23/h6-15H,4-5,16-19H2,1-3H3. The van der Waals surface area contributed by atoms with Gasteiger partial charge in [0.2, 0.25) is 5.62 Å². The SMILES string of the molecule is COCN=c1n(CCc2ccc(C)cc2)c2c(n1Cc1ccc(C)cc1)=CCCC=2. The minimum atomic E-state index is 0.362. The highest BCUT2D eigenvalue weighted by atomic mass is 16.5. The highest BCUT2D eigenvalue weighted by Gasteiger charge is 2.12. The maximum Gasteiger partial charge on any atom is 0.208 e. The van der Waals surface area contributed by atoms with Gasteiger partial charge in [-0.3, -0.25) is 0 Å². The molecule has 0 atom stereocenters. The van der Waals surface area contributed by atoms with Crippen molar-refractivity contribution >= 4 is 12.2 Å². The highest BCUT2D eigenvalue weighted by molar-refractivity contribution is 5.34. The molecule has 2 aromatic carbocycles. The second-order valence-corrected chi connectivity index (χ2v) is 8.09. The van der Waals surface area contributed by atoms with Crippen molar-refractivity contribution in [2.24, 2.45) is 4.99 Å². The van der Waals surface area contributed by atoms with Gasteiger partial charge in [-0.15, -0.1) is 0 Å². The molecule has 0 fully saturated rings. The molecule has 0 spiro atoms. The predicted molar refractivity (Wildman–Crippen MR) is 122 cm³/mol. The molecule has 30 heavy (non-hydrogen) atoms. The summed E-state index contributed by atoms with van der Waals surface area (Å²) in [6.07, 6.45) is 7.86. The molecular weight excluding hydrogens is 370 g/mol. The topological polar surface area (TPSA) is 31.4 Å². The smallest absolute Gasteiger partial charge is 0.208 e. The Morgan fingerprint density at radius 1 is 0.800 bits per heavy atom. The normalized spacial score (nSPS) is 13.6. The van der Waals surface area contributed by atoms with Crippen molar-refractivity contribution in [3.05, 3.63) is 87.1 Å². The van der Waals surface area contributed by atoms with Crippen molar-refractivity contribution in [2.75, 3.05) is 13.8 Å². The van der Waals surface area contributed by atoms with Crippen molar-refractivity contribution in [1.29, 1.82) is 0 Å². The number of aromatic nitrogens is 2. The summed E-state index contributed by atoms with van der Waals surface area (Å²) in [5.74, 6) is 0. The minimum absolute atomic E-state index is 0.362. The Morgan fingerprint density at radius 3 is 1.97 bits per heavy atom. The number of hydrogen-bond donors (Lipinski definition) is 0. The zero-order valence-corrected chi connectivity index (χ0v) is 18.3. The molecule has 0 saturated carbocycles. The molecule has 0 amide bonds. The fraction of sp³-hybridized carbons (Fsp3) is 0.346. The van der Waals surface area contributed by atoms with Gasteiger partial charge in [-0.2, -0.15) is 0 Å². The molecule has 1 aliphatic carbocycles. The first kappa shape index (κ1) is 20.4. The molecular formula is C26H31N3O. The summed E-state index contributed by atoms with van der Waals surface area (Å²) in [5.41, 5.74) is 6.21. The summed E-state index contributed by atoms with van der Waals surface area (Å²) in [6, 6.07) is 17.6. The number of rotatable bonds is 7. The number of methoxy groups -OCH3 is 1. The summed E-state index contributed by atoms with van der Waals surface area (Å²) in [4.78, 5) is 4.83. The largest absolute Gasteiger partial charge is 0.362 e. The van der Waals surface area contributed by atoms with Crippen LogP contribution in [0.2, 0.25) is 0 Å². The maximum atomic E-state index is 5.32. The summed E-state index contributed by atoms with van der Waals surface area (Å²) in [6.45, 7) is 6.34. The summed E-state index contributed by atoms with van der Waals surface area (Å²) in [5, 5.41) is 2.57. The number of fused-ring (bicyclic) bond motifs is 1. The van der Waals surface area contributed by atoms with Gasteiger partial charge in [0.25, 0.3) is 0 Å². The molecule has 1 aliphatic rings. The molecule has 4 heteroatoms. The van der Waals surface area contributed by atoms with Crippen molar-refractivity contribution < 1.29 is 4.74 Å². The molecule has 1 heterocycles. The van der Waals surface area contributed by atoms with Crippen LogP contribution in [-0.4, -0.2) is 23.0 Å². The van der Waals surface area contributed by atoms with E-state index in [4.69, 9.17) is 9.73 Å². The molecule has 4 rings (SSSR count). The van der Waals surface area contributed by atoms with E-state index in [1.54, 1.807) is 7.11 Å². The number of imidazole rings is 1. The van der Waals surface area contributed by atoms with Crippen molar-refractivity contribution in [2.45, 2.75) is 46.2 Å². The van der Waals surface area contributed by atoms with E-state index in [1.165, 1.54) is 33.0 Å². The minimum Gasteiger partial charge on any atom is -0.362 e. The molecule has 0 unspecified atom stereocenters.